The van der Waals surface area contributed by atoms with E-state index in [1.54, 1.807) is 12.1 Å². The van der Waals surface area contributed by atoms with Crippen LogP contribution >= 0.6 is 23.4 Å². The lowest BCUT2D eigenvalue weighted by atomic mass is 9.96. The lowest BCUT2D eigenvalue weighted by Crippen LogP contribution is -2.24. The molecule has 1 amide bonds. The van der Waals surface area contributed by atoms with Gasteiger partial charge in [0.2, 0.25) is 11.1 Å². The first-order valence-electron chi connectivity index (χ1n) is 8.00. The Morgan fingerprint density at radius 1 is 1.38 bits per heavy atom. The summed E-state index contributed by atoms with van der Waals surface area (Å²) in [5, 5.41) is 15.6. The quantitative estimate of drug-likeness (QED) is 0.817. The summed E-state index contributed by atoms with van der Waals surface area (Å²) in [4.78, 5) is 16.4. The predicted octanol–water partition coefficient (Wildman–Crippen LogP) is 3.35. The van der Waals surface area contributed by atoms with Crippen molar-refractivity contribution in [2.24, 2.45) is 0 Å². The first-order chi connectivity index (χ1) is 11.6. The predicted molar refractivity (Wildman–Crippen MR) is 93.1 cm³/mol. The summed E-state index contributed by atoms with van der Waals surface area (Å²) in [6, 6.07) is 3.69. The number of anilines is 1. The molecule has 1 aliphatic rings. The molecule has 7 nitrogen and oxygen atoms in total. The number of halogens is 1. The largest absolute Gasteiger partial charge is 0.310 e. The monoisotopic (exact) mass is 366 g/mol. The van der Waals surface area contributed by atoms with Crippen LogP contribution < -0.4 is 5.32 Å². The summed E-state index contributed by atoms with van der Waals surface area (Å²) in [5.41, 5.74) is 0. The van der Waals surface area contributed by atoms with E-state index in [4.69, 9.17) is 11.6 Å². The maximum absolute atomic E-state index is 12.3. The molecule has 1 atom stereocenters. The van der Waals surface area contributed by atoms with Gasteiger partial charge in [0.1, 0.15) is 5.82 Å². The van der Waals surface area contributed by atoms with Crippen LogP contribution in [0.15, 0.2) is 23.5 Å². The van der Waals surface area contributed by atoms with Gasteiger partial charge in [-0.3, -0.25) is 4.79 Å². The molecule has 1 saturated carbocycles. The Bertz CT molecular complexity index is 686. The summed E-state index contributed by atoms with van der Waals surface area (Å²) in [6.07, 6.45) is 7.36. The van der Waals surface area contributed by atoms with E-state index < -0.39 is 0 Å². The number of nitrogens with zero attached hydrogens (tertiary/aromatic N) is 5. The van der Waals surface area contributed by atoms with Crippen LogP contribution in [0.3, 0.4) is 0 Å². The molecule has 9 heteroatoms. The molecular weight excluding hydrogens is 348 g/mol. The van der Waals surface area contributed by atoms with E-state index in [1.165, 1.54) is 37.2 Å². The number of aromatic nitrogens is 5. The van der Waals surface area contributed by atoms with Crippen LogP contribution in [0.4, 0.5) is 5.82 Å². The van der Waals surface area contributed by atoms with Gasteiger partial charge in [-0.15, -0.1) is 5.10 Å². The number of nitrogens with one attached hydrogen (secondary N) is 1. The van der Waals surface area contributed by atoms with E-state index in [2.05, 4.69) is 25.8 Å². The molecular formula is C15H19ClN6OS. The highest BCUT2D eigenvalue weighted by atomic mass is 35.5. The van der Waals surface area contributed by atoms with E-state index in [0.717, 1.165) is 12.8 Å². The average Bonchev–Trinajstić information content (AvgIpc) is 3.05. The number of hydrogen-bond acceptors (Lipinski definition) is 6. The molecule has 0 aliphatic heterocycles. The first kappa shape index (κ1) is 17.2. The molecule has 3 rings (SSSR count). The molecule has 0 bridgehead atoms. The van der Waals surface area contributed by atoms with Crippen LogP contribution in [0.1, 0.15) is 45.1 Å². The first-order valence-corrected chi connectivity index (χ1v) is 9.26. The van der Waals surface area contributed by atoms with Crippen molar-refractivity contribution in [2.75, 3.05) is 5.32 Å². The second kappa shape index (κ2) is 7.94. The zero-order valence-electron chi connectivity index (χ0n) is 13.4. The minimum Gasteiger partial charge on any atom is -0.310 e. The fourth-order valence-corrected chi connectivity index (χ4v) is 3.68. The van der Waals surface area contributed by atoms with E-state index >= 15 is 0 Å². The van der Waals surface area contributed by atoms with Crippen molar-refractivity contribution >= 4 is 35.1 Å². The van der Waals surface area contributed by atoms with Gasteiger partial charge in [0.05, 0.1) is 16.3 Å². The van der Waals surface area contributed by atoms with Crippen LogP contribution in [0.25, 0.3) is 0 Å². The smallest absolute Gasteiger partial charge is 0.238 e. The number of hydrogen-bond donors (Lipinski definition) is 1. The molecule has 0 spiro atoms. The van der Waals surface area contributed by atoms with Crippen molar-refractivity contribution in [1.82, 2.24) is 25.2 Å². The van der Waals surface area contributed by atoms with Crippen LogP contribution in [0, 0.1) is 0 Å². The summed E-state index contributed by atoms with van der Waals surface area (Å²) < 4.78 is 1.87. The maximum Gasteiger partial charge on any atom is 0.238 e. The minimum atomic E-state index is -0.337. The molecule has 1 unspecified atom stereocenters. The third-order valence-electron chi connectivity index (χ3n) is 4.01. The third-order valence-corrected chi connectivity index (χ3v) is 5.28. The summed E-state index contributed by atoms with van der Waals surface area (Å²) in [5.74, 6) is 0.330. The number of pyridine rings is 1. The Balaban J connectivity index is 1.62. The second-order valence-corrected chi connectivity index (χ2v) is 7.55. The number of thioether (sulfide) groups is 1. The highest BCUT2D eigenvalue weighted by Gasteiger charge is 2.24. The molecule has 24 heavy (non-hydrogen) atoms. The van der Waals surface area contributed by atoms with Gasteiger partial charge >= 0.3 is 0 Å². The number of carbonyl (C=O) groups excluding carboxylic acids is 1. The van der Waals surface area contributed by atoms with Gasteiger partial charge in [-0.25, -0.2) is 9.67 Å². The zero-order chi connectivity index (χ0) is 16.9. The Hall–Kier alpha value is -1.67. The zero-order valence-corrected chi connectivity index (χ0v) is 14.9. The Morgan fingerprint density at radius 3 is 2.88 bits per heavy atom. The number of rotatable bonds is 5. The Labute approximate surface area is 149 Å². The van der Waals surface area contributed by atoms with Crippen LogP contribution in [0.5, 0.6) is 0 Å². The number of tetrazole rings is 1. The number of carbonyl (C=O) groups is 1. The van der Waals surface area contributed by atoms with E-state index in [1.807, 2.05) is 11.6 Å². The molecule has 2 aromatic heterocycles. The molecule has 1 fully saturated rings. The Morgan fingerprint density at radius 2 is 2.17 bits per heavy atom. The molecule has 0 saturated heterocycles. The molecule has 0 radical (unpaired) electrons. The summed E-state index contributed by atoms with van der Waals surface area (Å²) >= 11 is 7.15. The molecule has 2 aromatic rings. The molecule has 1 N–H and O–H groups in total. The van der Waals surface area contributed by atoms with Crippen LogP contribution in [-0.2, 0) is 4.79 Å². The van der Waals surface area contributed by atoms with Gasteiger partial charge in [0.25, 0.3) is 0 Å². The van der Waals surface area contributed by atoms with Gasteiger partial charge in [-0.05, 0) is 42.3 Å². The summed E-state index contributed by atoms with van der Waals surface area (Å²) in [7, 11) is 0. The van der Waals surface area contributed by atoms with Crippen molar-refractivity contribution in [2.45, 2.75) is 55.5 Å². The van der Waals surface area contributed by atoms with Crippen molar-refractivity contribution in [3.8, 4) is 0 Å². The Kier molecular flexibility index (Phi) is 5.68. The standard InChI is InChI=1S/C15H19ClN6OS/c1-10(14(23)18-13-8-7-11(16)9-17-13)24-15-19-20-21-22(15)12-5-3-2-4-6-12/h7-10,12H,2-6H2,1H3,(H,17,18,23). The molecule has 2 heterocycles. The van der Waals surface area contributed by atoms with Gasteiger partial charge in [-0.1, -0.05) is 42.6 Å². The van der Waals surface area contributed by atoms with Crippen molar-refractivity contribution in [3.63, 3.8) is 0 Å². The topological polar surface area (TPSA) is 85.6 Å². The third kappa shape index (κ3) is 4.24. The highest BCUT2D eigenvalue weighted by molar-refractivity contribution is 8.00. The van der Waals surface area contributed by atoms with Crippen LogP contribution in [0.2, 0.25) is 5.02 Å². The highest BCUT2D eigenvalue weighted by Crippen LogP contribution is 2.31. The van der Waals surface area contributed by atoms with E-state index in [-0.39, 0.29) is 11.2 Å². The normalized spacial score (nSPS) is 16.8. The number of amides is 1. The van der Waals surface area contributed by atoms with Gasteiger partial charge < -0.3 is 5.32 Å². The fourth-order valence-electron chi connectivity index (χ4n) is 2.71. The maximum atomic E-state index is 12.3. The SMILES string of the molecule is CC(Sc1nnnn1C1CCCCC1)C(=O)Nc1ccc(Cl)cn1. The van der Waals surface area contributed by atoms with E-state index in [9.17, 15) is 4.79 Å². The lowest BCUT2D eigenvalue weighted by molar-refractivity contribution is -0.115. The van der Waals surface area contributed by atoms with Crippen molar-refractivity contribution < 1.29 is 4.79 Å². The molecule has 128 valence electrons. The summed E-state index contributed by atoms with van der Waals surface area (Å²) in [6.45, 7) is 1.83. The van der Waals surface area contributed by atoms with Gasteiger partial charge in [-0.2, -0.15) is 0 Å². The fraction of sp³-hybridized carbons (Fsp3) is 0.533. The van der Waals surface area contributed by atoms with Crippen molar-refractivity contribution in [3.05, 3.63) is 23.4 Å². The average molecular weight is 367 g/mol. The van der Waals surface area contributed by atoms with Crippen molar-refractivity contribution in [1.29, 1.82) is 0 Å². The minimum absolute atomic E-state index is 0.145. The molecule has 0 aromatic carbocycles. The van der Waals surface area contributed by atoms with Gasteiger partial charge in [0.15, 0.2) is 0 Å². The lowest BCUT2D eigenvalue weighted by Gasteiger charge is -2.22. The van der Waals surface area contributed by atoms with E-state index in [0.29, 0.717) is 22.0 Å². The van der Waals surface area contributed by atoms with Gasteiger partial charge in [0, 0.05) is 6.20 Å². The molecule has 1 aliphatic carbocycles. The van der Waals surface area contributed by atoms with Crippen LogP contribution in [-0.4, -0.2) is 36.3 Å². The second-order valence-electron chi connectivity index (χ2n) is 5.81.